The Bertz CT molecular complexity index is 2260. The SMILES string of the molecule is CC[C@@H]1C[C@H](C)CCC=C[C@@H]2C[C@@]2(C(=O)NS(=O)(=O)C2(C)CC2)NC(=O)[C@@H]2C[C@@H](Oc3ncc(-c4ccc(OC)nc4)c4cc(OC)ccc34)CN2C(=O)[C@H]1NC(=O)O. The van der Waals surface area contributed by atoms with Crippen LogP contribution < -0.4 is 29.6 Å². The van der Waals surface area contributed by atoms with Crippen LogP contribution in [0.2, 0.25) is 0 Å². The van der Waals surface area contributed by atoms with E-state index in [1.807, 2.05) is 44.2 Å². The quantitative estimate of drug-likeness (QED) is 0.207. The van der Waals surface area contributed by atoms with Crippen LogP contribution >= 0.6 is 0 Å². The minimum atomic E-state index is -4.03. The molecular formula is C42H52N6O10S. The third-order valence-electron chi connectivity index (χ3n) is 12.5. The van der Waals surface area contributed by atoms with Crippen molar-refractivity contribution in [2.45, 2.75) is 101 Å². The molecule has 0 radical (unpaired) electrons. The van der Waals surface area contributed by atoms with Crippen molar-refractivity contribution < 1.29 is 46.9 Å². The van der Waals surface area contributed by atoms with Crippen molar-refractivity contribution in [1.29, 1.82) is 0 Å². The van der Waals surface area contributed by atoms with E-state index in [1.165, 1.54) is 12.0 Å². The number of allylic oxidation sites excluding steroid dienone is 1. The van der Waals surface area contributed by atoms with Gasteiger partial charge in [-0.15, -0.1) is 0 Å². The maximum absolute atomic E-state index is 14.7. The van der Waals surface area contributed by atoms with Crippen molar-refractivity contribution in [3.8, 4) is 28.6 Å². The average Bonchev–Trinajstić information content (AvgIpc) is 4.10. The standard InChI is InChI=1S/C42H52N6O10S/c1-6-25-17-24(2)9-7-8-10-27-20-42(27,39(51)47-59(54,55)41(3)15-16-41)46-36(49)33-19-29(23-48(33)38(50)35(25)45-40(52)53)58-37-30-13-12-28(56-4)18-31(30)32(22-44-37)26-11-14-34(57-5)43-21-26/h8,10-14,18,21-22,24-25,27,29,33,35,45H,6-7,9,15-17,19-20,23H2,1-5H3,(H,46,49)(H,47,51)(H,52,53)/t24-,25-,27-,29-,33+,35+,42-/m1/s1. The van der Waals surface area contributed by atoms with Crippen LogP contribution in [-0.2, 0) is 24.4 Å². The van der Waals surface area contributed by atoms with Crippen LogP contribution in [0.1, 0.15) is 72.1 Å². The van der Waals surface area contributed by atoms with E-state index in [0.717, 1.165) is 22.9 Å². The lowest BCUT2D eigenvalue weighted by molar-refractivity contribution is -0.142. The molecule has 0 bridgehead atoms. The average molecular weight is 833 g/mol. The highest BCUT2D eigenvalue weighted by Crippen LogP contribution is 2.48. The Morgan fingerprint density at radius 2 is 1.83 bits per heavy atom. The second kappa shape index (κ2) is 16.3. The lowest BCUT2D eigenvalue weighted by atomic mass is 9.85. The van der Waals surface area contributed by atoms with Gasteiger partial charge in [0.1, 0.15) is 29.5 Å². The number of hydrogen-bond acceptors (Lipinski definition) is 11. The number of carbonyl (C=O) groups is 4. The molecule has 316 valence electrons. The molecule has 4 amide bonds. The smallest absolute Gasteiger partial charge is 0.405 e. The molecule has 17 heteroatoms. The van der Waals surface area contributed by atoms with Gasteiger partial charge < -0.3 is 34.9 Å². The maximum atomic E-state index is 14.7. The van der Waals surface area contributed by atoms with Gasteiger partial charge in [-0.1, -0.05) is 32.4 Å². The van der Waals surface area contributed by atoms with Gasteiger partial charge >= 0.3 is 6.09 Å². The molecule has 2 aromatic heterocycles. The first-order valence-corrected chi connectivity index (χ1v) is 21.6. The fourth-order valence-electron chi connectivity index (χ4n) is 8.41. The topological polar surface area (TPSA) is 215 Å². The largest absolute Gasteiger partial charge is 0.497 e. The van der Waals surface area contributed by atoms with Crippen molar-refractivity contribution in [1.82, 2.24) is 30.2 Å². The molecule has 4 N–H and O–H groups in total. The van der Waals surface area contributed by atoms with Gasteiger partial charge in [-0.05, 0) is 81.5 Å². The zero-order chi connectivity index (χ0) is 42.3. The number of carbonyl (C=O) groups excluding carboxylic acids is 3. The number of rotatable bonds is 10. The number of fused-ring (bicyclic) bond motifs is 3. The first-order valence-electron chi connectivity index (χ1n) is 20.1. The Balaban J connectivity index is 1.24. The fraction of sp³-hybridized carbons (Fsp3) is 0.524. The molecule has 16 nitrogen and oxygen atoms in total. The molecule has 59 heavy (non-hydrogen) atoms. The van der Waals surface area contributed by atoms with Crippen LogP contribution in [0.5, 0.6) is 17.5 Å². The highest BCUT2D eigenvalue weighted by atomic mass is 32.2. The second-order valence-corrected chi connectivity index (χ2v) is 18.8. The summed E-state index contributed by atoms with van der Waals surface area (Å²) < 4.78 is 45.0. The van der Waals surface area contributed by atoms with E-state index in [-0.39, 0.29) is 37.1 Å². The number of nitrogens with one attached hydrogen (secondary N) is 3. The number of hydrogen-bond donors (Lipinski definition) is 4. The first kappa shape index (κ1) is 41.7. The van der Waals surface area contributed by atoms with Crippen LogP contribution in [0.3, 0.4) is 0 Å². The highest BCUT2D eigenvalue weighted by molar-refractivity contribution is 7.91. The molecule has 7 rings (SSSR count). The lowest BCUT2D eigenvalue weighted by Gasteiger charge is -2.33. The number of nitrogens with zero attached hydrogens (tertiary/aromatic N) is 3. The van der Waals surface area contributed by atoms with Crippen molar-refractivity contribution in [2.24, 2.45) is 17.8 Å². The van der Waals surface area contributed by atoms with Crippen LogP contribution in [0.15, 0.2) is 54.9 Å². The predicted molar refractivity (Wildman–Crippen MR) is 217 cm³/mol. The summed E-state index contributed by atoms with van der Waals surface area (Å²) in [5.74, 6) is -1.59. The van der Waals surface area contributed by atoms with Crippen LogP contribution in [0.25, 0.3) is 21.9 Å². The van der Waals surface area contributed by atoms with Crippen LogP contribution in [0.4, 0.5) is 4.79 Å². The molecule has 4 heterocycles. The van der Waals surface area contributed by atoms with Crippen molar-refractivity contribution in [2.75, 3.05) is 20.8 Å². The number of pyridine rings is 2. The van der Waals surface area contributed by atoms with Gasteiger partial charge in [0.05, 0.1) is 25.5 Å². The molecule has 3 aromatic rings. The first-order chi connectivity index (χ1) is 28.1. The molecule has 2 aliphatic carbocycles. The number of benzene rings is 1. The number of aromatic nitrogens is 2. The fourth-order valence-corrected chi connectivity index (χ4v) is 9.72. The van der Waals surface area contributed by atoms with Crippen LogP contribution in [-0.4, -0.2) is 101 Å². The van der Waals surface area contributed by atoms with E-state index in [2.05, 4.69) is 25.3 Å². The minimum Gasteiger partial charge on any atom is -0.497 e. The summed E-state index contributed by atoms with van der Waals surface area (Å²) in [5.41, 5.74) is -0.0650. The summed E-state index contributed by atoms with van der Waals surface area (Å²) >= 11 is 0. The molecule has 4 aliphatic rings. The molecule has 1 aromatic carbocycles. The lowest BCUT2D eigenvalue weighted by Crippen LogP contribution is -2.59. The summed E-state index contributed by atoms with van der Waals surface area (Å²) in [5, 5.41) is 16.7. The van der Waals surface area contributed by atoms with Crippen molar-refractivity contribution in [3.05, 3.63) is 54.9 Å². The number of ether oxygens (including phenoxy) is 3. The number of amides is 4. The number of carboxylic acid groups (broad SMARTS) is 1. The number of sulfonamides is 1. The summed E-state index contributed by atoms with van der Waals surface area (Å²) in [6.07, 6.45) is 8.33. The molecule has 2 saturated carbocycles. The van der Waals surface area contributed by atoms with Gasteiger partial charge in [-0.3, -0.25) is 19.1 Å². The summed E-state index contributed by atoms with van der Waals surface area (Å²) in [6, 6.07) is 6.65. The molecule has 3 fully saturated rings. The maximum Gasteiger partial charge on any atom is 0.405 e. The molecular weight excluding hydrogens is 781 g/mol. The monoisotopic (exact) mass is 832 g/mol. The second-order valence-electron chi connectivity index (χ2n) is 16.6. The molecule has 0 spiro atoms. The number of methoxy groups -OCH3 is 2. The van der Waals surface area contributed by atoms with E-state index >= 15 is 0 Å². The summed E-state index contributed by atoms with van der Waals surface area (Å²) in [4.78, 5) is 65.8. The van der Waals surface area contributed by atoms with E-state index in [4.69, 9.17) is 14.2 Å². The third-order valence-corrected chi connectivity index (χ3v) is 14.6. The van der Waals surface area contributed by atoms with Crippen molar-refractivity contribution >= 4 is 44.6 Å². The van der Waals surface area contributed by atoms with E-state index in [0.29, 0.717) is 49.1 Å². The third kappa shape index (κ3) is 8.38. The van der Waals surface area contributed by atoms with Gasteiger partial charge in [0.15, 0.2) is 0 Å². The minimum absolute atomic E-state index is 0.0252. The summed E-state index contributed by atoms with van der Waals surface area (Å²) in [7, 11) is -0.934. The molecule has 7 atom stereocenters. The van der Waals surface area contributed by atoms with Gasteiger partial charge in [-0.2, -0.15) is 0 Å². The normalized spacial score (nSPS) is 27.9. The Morgan fingerprint density at radius 1 is 1.05 bits per heavy atom. The Kier molecular flexibility index (Phi) is 11.5. The zero-order valence-corrected chi connectivity index (χ0v) is 34.7. The van der Waals surface area contributed by atoms with Gasteiger partial charge in [0.25, 0.3) is 5.91 Å². The Morgan fingerprint density at radius 3 is 2.49 bits per heavy atom. The summed E-state index contributed by atoms with van der Waals surface area (Å²) in [6.45, 7) is 5.43. The van der Waals surface area contributed by atoms with Crippen LogP contribution in [0, 0.1) is 17.8 Å². The molecule has 1 saturated heterocycles. The Hall–Kier alpha value is -5.45. The Labute approximate surface area is 343 Å². The zero-order valence-electron chi connectivity index (χ0n) is 33.9. The van der Waals surface area contributed by atoms with Gasteiger partial charge in [0.2, 0.25) is 33.6 Å². The van der Waals surface area contributed by atoms with Gasteiger partial charge in [0, 0.05) is 52.7 Å². The molecule has 2 aliphatic heterocycles. The highest BCUT2D eigenvalue weighted by Gasteiger charge is 2.63. The van der Waals surface area contributed by atoms with Gasteiger partial charge in [-0.25, -0.2) is 23.2 Å². The molecule has 0 unspecified atom stereocenters. The van der Waals surface area contributed by atoms with E-state index < -0.39 is 68.2 Å². The predicted octanol–water partition coefficient (Wildman–Crippen LogP) is 4.57. The van der Waals surface area contributed by atoms with Crippen molar-refractivity contribution in [3.63, 3.8) is 0 Å². The van der Waals surface area contributed by atoms with E-state index in [1.54, 1.807) is 38.6 Å². The van der Waals surface area contributed by atoms with E-state index in [9.17, 15) is 32.7 Å².